The molecule has 0 amide bonds. The molecule has 0 radical (unpaired) electrons. The lowest BCUT2D eigenvalue weighted by atomic mass is 10.3. The Bertz CT molecular complexity index is 549. The lowest BCUT2D eigenvalue weighted by Gasteiger charge is -2.09. The maximum atomic E-state index is 5.71. The van der Waals surface area contributed by atoms with E-state index in [0.29, 0.717) is 17.3 Å². The van der Waals surface area contributed by atoms with E-state index in [1.54, 1.807) is 25.4 Å². The number of hydrogen-bond donors (Lipinski definition) is 2. The molecule has 3 N–H and O–H groups in total. The van der Waals surface area contributed by atoms with E-state index in [1.165, 1.54) is 0 Å². The number of anilines is 1. The minimum absolute atomic E-state index is 0.539. The van der Waals surface area contributed by atoms with Crippen molar-refractivity contribution in [2.75, 3.05) is 12.5 Å². The van der Waals surface area contributed by atoms with Gasteiger partial charge in [0.15, 0.2) is 0 Å². The topological polar surface area (TPSA) is 69.4 Å². The summed E-state index contributed by atoms with van der Waals surface area (Å²) in [4.78, 5) is 4.00. The van der Waals surface area contributed by atoms with E-state index in [0.717, 1.165) is 10.2 Å². The van der Waals surface area contributed by atoms with Gasteiger partial charge in [-0.15, -0.1) is 0 Å². The van der Waals surface area contributed by atoms with Crippen LogP contribution in [0.5, 0.6) is 17.2 Å². The van der Waals surface area contributed by atoms with Crippen molar-refractivity contribution in [3.63, 3.8) is 0 Å². The Morgan fingerprint density at radius 2 is 2.06 bits per heavy atom. The molecule has 0 spiro atoms. The van der Waals surface area contributed by atoms with Gasteiger partial charge >= 0.3 is 0 Å². The van der Waals surface area contributed by atoms with Gasteiger partial charge in [0.1, 0.15) is 23.1 Å². The van der Waals surface area contributed by atoms with Crippen molar-refractivity contribution < 1.29 is 9.47 Å². The van der Waals surface area contributed by atoms with Crippen molar-refractivity contribution in [2.24, 2.45) is 5.84 Å². The molecule has 0 saturated heterocycles. The van der Waals surface area contributed by atoms with Gasteiger partial charge in [-0.3, -0.25) is 0 Å². The maximum Gasteiger partial charge on any atom is 0.143 e. The van der Waals surface area contributed by atoms with Crippen molar-refractivity contribution in [1.29, 1.82) is 0 Å². The van der Waals surface area contributed by atoms with Gasteiger partial charge in [0.2, 0.25) is 0 Å². The van der Waals surface area contributed by atoms with Gasteiger partial charge in [0, 0.05) is 12.3 Å². The van der Waals surface area contributed by atoms with E-state index in [2.05, 4.69) is 26.3 Å². The molecule has 0 aliphatic heterocycles. The van der Waals surface area contributed by atoms with E-state index in [4.69, 9.17) is 15.3 Å². The van der Waals surface area contributed by atoms with Crippen LogP contribution in [0.25, 0.3) is 0 Å². The number of nitrogens with one attached hydrogen (secondary N) is 1. The van der Waals surface area contributed by atoms with E-state index >= 15 is 0 Å². The molecule has 0 fully saturated rings. The van der Waals surface area contributed by atoms with Crippen molar-refractivity contribution in [3.05, 3.63) is 41.0 Å². The predicted octanol–water partition coefficient (Wildman–Crippen LogP) is 2.93. The summed E-state index contributed by atoms with van der Waals surface area (Å²) in [5.74, 6) is 7.91. The third-order valence-corrected chi connectivity index (χ3v) is 2.87. The third-order valence-electron chi connectivity index (χ3n) is 2.25. The molecule has 0 aliphatic rings. The van der Waals surface area contributed by atoms with Gasteiger partial charge in [-0.25, -0.2) is 10.8 Å². The fraction of sp³-hybridized carbons (Fsp3) is 0.0833. The van der Waals surface area contributed by atoms with Gasteiger partial charge in [-0.1, -0.05) is 0 Å². The molecule has 0 bridgehead atoms. The molecule has 0 aliphatic carbocycles. The predicted molar refractivity (Wildman–Crippen MR) is 72.8 cm³/mol. The molecule has 94 valence electrons. The number of ether oxygens (including phenoxy) is 2. The van der Waals surface area contributed by atoms with Gasteiger partial charge in [-0.05, 0) is 40.2 Å². The van der Waals surface area contributed by atoms with Gasteiger partial charge in [0.05, 0.1) is 11.6 Å². The molecule has 0 atom stereocenters. The van der Waals surface area contributed by atoms with Crippen LogP contribution >= 0.6 is 15.9 Å². The second-order valence-corrected chi connectivity index (χ2v) is 4.27. The summed E-state index contributed by atoms with van der Waals surface area (Å²) in [5.41, 5.74) is 2.46. The van der Waals surface area contributed by atoms with Crippen LogP contribution < -0.4 is 20.7 Å². The zero-order chi connectivity index (χ0) is 13.0. The minimum atomic E-state index is 0.539. The number of benzene rings is 1. The highest BCUT2D eigenvalue weighted by atomic mass is 79.9. The zero-order valence-corrected chi connectivity index (χ0v) is 11.3. The SMILES string of the molecule is COc1ccc(Oc2ccnc(NN)c2)c(Br)c1. The number of hydrazine groups is 1. The van der Waals surface area contributed by atoms with Crippen LogP contribution in [0.15, 0.2) is 41.0 Å². The highest BCUT2D eigenvalue weighted by molar-refractivity contribution is 9.10. The van der Waals surface area contributed by atoms with Crippen LogP contribution in [0.4, 0.5) is 5.82 Å². The first kappa shape index (κ1) is 12.7. The third kappa shape index (κ3) is 2.91. The molecule has 1 aromatic carbocycles. The number of rotatable bonds is 4. The highest BCUT2D eigenvalue weighted by Crippen LogP contribution is 2.32. The first-order valence-electron chi connectivity index (χ1n) is 5.17. The molecule has 1 heterocycles. The summed E-state index contributed by atoms with van der Waals surface area (Å²) in [6, 6.07) is 8.93. The average Bonchev–Trinajstić information content (AvgIpc) is 2.41. The van der Waals surface area contributed by atoms with Crippen LogP contribution in [0, 0.1) is 0 Å². The van der Waals surface area contributed by atoms with Gasteiger partial charge < -0.3 is 14.9 Å². The first-order valence-corrected chi connectivity index (χ1v) is 5.96. The van der Waals surface area contributed by atoms with Gasteiger partial charge in [0.25, 0.3) is 0 Å². The van der Waals surface area contributed by atoms with E-state index in [1.807, 2.05) is 18.2 Å². The Morgan fingerprint density at radius 3 is 2.72 bits per heavy atom. The minimum Gasteiger partial charge on any atom is -0.497 e. The number of nitrogen functional groups attached to an aromatic ring is 1. The van der Waals surface area contributed by atoms with E-state index in [-0.39, 0.29) is 0 Å². The zero-order valence-electron chi connectivity index (χ0n) is 9.68. The fourth-order valence-corrected chi connectivity index (χ4v) is 1.81. The number of methoxy groups -OCH3 is 1. The molecule has 18 heavy (non-hydrogen) atoms. The summed E-state index contributed by atoms with van der Waals surface area (Å²) < 4.78 is 11.6. The van der Waals surface area contributed by atoms with Crippen molar-refractivity contribution >= 4 is 21.7 Å². The highest BCUT2D eigenvalue weighted by Gasteiger charge is 2.05. The lowest BCUT2D eigenvalue weighted by molar-refractivity contribution is 0.412. The number of nitrogens with zero attached hydrogens (tertiary/aromatic N) is 1. The number of pyridine rings is 1. The smallest absolute Gasteiger partial charge is 0.143 e. The van der Waals surface area contributed by atoms with Crippen LogP contribution in [-0.4, -0.2) is 12.1 Å². The largest absolute Gasteiger partial charge is 0.497 e. The summed E-state index contributed by atoms with van der Waals surface area (Å²) in [6.07, 6.45) is 1.61. The van der Waals surface area contributed by atoms with Crippen molar-refractivity contribution in [2.45, 2.75) is 0 Å². The van der Waals surface area contributed by atoms with Crippen molar-refractivity contribution in [1.82, 2.24) is 4.98 Å². The Labute approximate surface area is 113 Å². The number of nitrogens with two attached hydrogens (primary N) is 1. The first-order chi connectivity index (χ1) is 8.72. The number of halogens is 1. The number of aromatic nitrogens is 1. The summed E-state index contributed by atoms with van der Waals surface area (Å²) in [7, 11) is 1.62. The molecular weight excluding hydrogens is 298 g/mol. The quantitative estimate of drug-likeness (QED) is 0.671. The van der Waals surface area contributed by atoms with E-state index < -0.39 is 0 Å². The van der Waals surface area contributed by atoms with Crippen molar-refractivity contribution in [3.8, 4) is 17.2 Å². The molecule has 0 unspecified atom stereocenters. The van der Waals surface area contributed by atoms with Crippen LogP contribution in [0.3, 0.4) is 0 Å². The standard InChI is InChI=1S/C12H12BrN3O2/c1-17-8-2-3-11(10(13)6-8)18-9-4-5-15-12(7-9)16-14/h2-7H,14H2,1H3,(H,15,16). The Kier molecular flexibility index (Phi) is 4.01. The monoisotopic (exact) mass is 309 g/mol. The summed E-state index contributed by atoms with van der Waals surface area (Å²) >= 11 is 3.42. The van der Waals surface area contributed by atoms with Crippen LogP contribution in [0.2, 0.25) is 0 Å². The fourth-order valence-electron chi connectivity index (χ4n) is 1.37. The second kappa shape index (κ2) is 5.70. The van der Waals surface area contributed by atoms with E-state index in [9.17, 15) is 0 Å². The molecule has 0 saturated carbocycles. The molecule has 1 aromatic heterocycles. The molecule has 2 aromatic rings. The van der Waals surface area contributed by atoms with Crippen LogP contribution in [0.1, 0.15) is 0 Å². The molecule has 5 nitrogen and oxygen atoms in total. The second-order valence-electron chi connectivity index (χ2n) is 3.42. The Morgan fingerprint density at radius 1 is 1.22 bits per heavy atom. The number of hydrogen-bond acceptors (Lipinski definition) is 5. The summed E-state index contributed by atoms with van der Waals surface area (Å²) in [5, 5.41) is 0. The normalized spacial score (nSPS) is 9.94. The summed E-state index contributed by atoms with van der Waals surface area (Å²) in [6.45, 7) is 0. The van der Waals surface area contributed by atoms with Crippen LogP contribution in [-0.2, 0) is 0 Å². The Hall–Kier alpha value is -1.79. The Balaban J connectivity index is 2.22. The molecule has 6 heteroatoms. The van der Waals surface area contributed by atoms with Gasteiger partial charge in [-0.2, -0.15) is 0 Å². The lowest BCUT2D eigenvalue weighted by Crippen LogP contribution is -2.08. The molecule has 2 rings (SSSR count). The average molecular weight is 310 g/mol. The molecular formula is C12H12BrN3O2. The maximum absolute atomic E-state index is 5.71.